The fourth-order valence-electron chi connectivity index (χ4n) is 2.32. The lowest BCUT2D eigenvalue weighted by molar-refractivity contribution is 0.814. The van der Waals surface area contributed by atoms with Crippen LogP contribution in [0.25, 0.3) is 0 Å². The second-order valence-corrected chi connectivity index (χ2v) is 7.55. The van der Waals surface area contributed by atoms with E-state index in [9.17, 15) is 0 Å². The molecule has 103 valence electrons. The summed E-state index contributed by atoms with van der Waals surface area (Å²) in [6, 6.07) is 23.1. The monoisotopic (exact) mass is 279 g/mol. The van der Waals surface area contributed by atoms with Crippen LogP contribution in [0.3, 0.4) is 0 Å². The first-order valence-electron chi connectivity index (χ1n) is 7.53. The molecule has 0 aliphatic rings. The zero-order valence-electron chi connectivity index (χ0n) is 12.3. The summed E-state index contributed by atoms with van der Waals surface area (Å²) < 4.78 is 0. The van der Waals surface area contributed by atoms with Crippen LogP contribution in [0.5, 0.6) is 0 Å². The van der Waals surface area contributed by atoms with Crippen molar-refractivity contribution in [3.05, 3.63) is 72.8 Å². The van der Waals surface area contributed by atoms with Gasteiger partial charge >= 0.3 is 0 Å². The Morgan fingerprint density at radius 3 is 1.85 bits per heavy atom. The van der Waals surface area contributed by atoms with E-state index in [1.165, 1.54) is 35.7 Å². The third kappa shape index (κ3) is 4.50. The van der Waals surface area contributed by atoms with Crippen molar-refractivity contribution < 1.29 is 0 Å². The van der Waals surface area contributed by atoms with Gasteiger partial charge in [-0.25, -0.2) is 0 Å². The van der Waals surface area contributed by atoms with Gasteiger partial charge in [-0.1, -0.05) is 103 Å². The third-order valence-corrected chi connectivity index (χ3v) is 6.16. The largest absolute Gasteiger partial charge is 0.125 e. The molecule has 2 aromatic carbocycles. The Bertz CT molecular complexity index is 462. The van der Waals surface area contributed by atoms with Crippen molar-refractivity contribution >= 4 is 19.2 Å². The van der Waals surface area contributed by atoms with E-state index in [1.54, 1.807) is 0 Å². The van der Waals surface area contributed by atoms with Gasteiger partial charge in [0, 0.05) is 0 Å². The van der Waals surface area contributed by atoms with Crippen molar-refractivity contribution in [2.45, 2.75) is 32.2 Å². The molecule has 0 aliphatic carbocycles. The Balaban J connectivity index is 2.11. The molecule has 0 atom stereocenters. The first kappa shape index (κ1) is 14.8. The van der Waals surface area contributed by atoms with Crippen molar-refractivity contribution in [1.29, 1.82) is 0 Å². The van der Waals surface area contributed by atoms with Gasteiger partial charge in [0.1, 0.15) is 8.80 Å². The van der Waals surface area contributed by atoms with Crippen molar-refractivity contribution in [2.75, 3.05) is 0 Å². The first-order valence-corrected chi connectivity index (χ1v) is 9.24. The van der Waals surface area contributed by atoms with Crippen molar-refractivity contribution in [3.63, 3.8) is 0 Å². The highest BCUT2D eigenvalue weighted by molar-refractivity contribution is 6.85. The van der Waals surface area contributed by atoms with Crippen molar-refractivity contribution in [1.82, 2.24) is 0 Å². The Kier molecular flexibility index (Phi) is 6.32. The molecule has 0 spiro atoms. The summed E-state index contributed by atoms with van der Waals surface area (Å²) in [4.78, 5) is 0. The summed E-state index contributed by atoms with van der Waals surface area (Å²) >= 11 is 0. The smallest absolute Gasteiger partial charge is 0.0907 e. The Morgan fingerprint density at radius 1 is 0.800 bits per heavy atom. The van der Waals surface area contributed by atoms with E-state index >= 15 is 0 Å². The number of benzene rings is 2. The molecule has 1 heteroatoms. The lowest BCUT2D eigenvalue weighted by atomic mass is 10.2. The third-order valence-electron chi connectivity index (χ3n) is 3.46. The van der Waals surface area contributed by atoms with Crippen LogP contribution in [0, 0.1) is 0 Å². The summed E-state index contributed by atoms with van der Waals surface area (Å²) in [6.07, 6.45) is 8.55. The second-order valence-electron chi connectivity index (χ2n) is 5.03. The SMILES string of the molecule is CCCCC=CC[Si](c1ccccc1)c1ccccc1. The zero-order chi connectivity index (χ0) is 14.0. The Labute approximate surface area is 124 Å². The van der Waals surface area contributed by atoms with Crippen LogP contribution in [0.15, 0.2) is 72.8 Å². The maximum atomic E-state index is 2.39. The summed E-state index contributed by atoms with van der Waals surface area (Å²) in [7, 11) is -0.674. The van der Waals surface area contributed by atoms with Gasteiger partial charge < -0.3 is 0 Å². The first-order chi connectivity index (χ1) is 9.92. The van der Waals surface area contributed by atoms with Gasteiger partial charge in [-0.05, 0) is 12.5 Å². The molecule has 0 bridgehead atoms. The van der Waals surface area contributed by atoms with Gasteiger partial charge in [0.25, 0.3) is 0 Å². The fraction of sp³-hybridized carbons (Fsp3) is 0.263. The Morgan fingerprint density at radius 2 is 1.35 bits per heavy atom. The van der Waals surface area contributed by atoms with E-state index in [0.29, 0.717) is 0 Å². The van der Waals surface area contributed by atoms with Gasteiger partial charge in [-0.3, -0.25) is 0 Å². The van der Waals surface area contributed by atoms with E-state index in [0.717, 1.165) is 0 Å². The molecule has 0 saturated carbocycles. The maximum Gasteiger partial charge on any atom is 0.125 e. The van der Waals surface area contributed by atoms with Crippen LogP contribution < -0.4 is 10.4 Å². The van der Waals surface area contributed by atoms with Crippen LogP contribution in [0.1, 0.15) is 26.2 Å². The molecule has 0 amide bonds. The minimum Gasteiger partial charge on any atom is -0.0907 e. The highest BCUT2D eigenvalue weighted by Crippen LogP contribution is 2.02. The van der Waals surface area contributed by atoms with Gasteiger partial charge in [-0.2, -0.15) is 0 Å². The molecular formula is C19H23Si. The van der Waals surface area contributed by atoms with Gasteiger partial charge in [0.2, 0.25) is 0 Å². The van der Waals surface area contributed by atoms with Gasteiger partial charge in [0.05, 0.1) is 0 Å². The minimum absolute atomic E-state index is 0.674. The summed E-state index contributed by atoms with van der Waals surface area (Å²) in [5.74, 6) is 0. The number of hydrogen-bond donors (Lipinski definition) is 0. The second kappa shape index (κ2) is 8.54. The molecule has 2 rings (SSSR count). The molecular weight excluding hydrogens is 256 g/mol. The van der Waals surface area contributed by atoms with E-state index in [1.807, 2.05) is 0 Å². The molecule has 0 unspecified atom stereocenters. The van der Waals surface area contributed by atoms with E-state index in [-0.39, 0.29) is 0 Å². The molecule has 0 aliphatic heterocycles. The van der Waals surface area contributed by atoms with Crippen LogP contribution in [-0.4, -0.2) is 8.80 Å². The molecule has 0 saturated heterocycles. The number of hydrogen-bond acceptors (Lipinski definition) is 0. The fourth-order valence-corrected chi connectivity index (χ4v) is 4.72. The van der Waals surface area contributed by atoms with Crippen LogP contribution in [0.4, 0.5) is 0 Å². The lowest BCUT2D eigenvalue weighted by Crippen LogP contribution is -2.41. The molecule has 0 heterocycles. The van der Waals surface area contributed by atoms with Gasteiger partial charge in [-0.15, -0.1) is 0 Å². The molecule has 1 radical (unpaired) electrons. The molecule has 0 fully saturated rings. The average molecular weight is 279 g/mol. The predicted octanol–water partition coefficient (Wildman–Crippen LogP) is 4.04. The number of rotatable bonds is 7. The highest BCUT2D eigenvalue weighted by Gasteiger charge is 2.14. The van der Waals surface area contributed by atoms with E-state index in [2.05, 4.69) is 79.7 Å². The lowest BCUT2D eigenvalue weighted by Gasteiger charge is -2.14. The highest BCUT2D eigenvalue weighted by atomic mass is 28.3. The minimum atomic E-state index is -0.674. The van der Waals surface area contributed by atoms with E-state index < -0.39 is 8.80 Å². The molecule has 0 N–H and O–H groups in total. The zero-order valence-corrected chi connectivity index (χ0v) is 13.3. The Hall–Kier alpha value is -1.60. The van der Waals surface area contributed by atoms with Crippen LogP contribution in [-0.2, 0) is 0 Å². The quantitative estimate of drug-likeness (QED) is 0.407. The van der Waals surface area contributed by atoms with Crippen molar-refractivity contribution in [2.24, 2.45) is 0 Å². The molecule has 2 aromatic rings. The molecule has 0 nitrogen and oxygen atoms in total. The average Bonchev–Trinajstić information content (AvgIpc) is 2.53. The summed E-state index contributed by atoms with van der Waals surface area (Å²) in [5, 5.41) is 3.01. The number of unbranched alkanes of at least 4 members (excludes halogenated alkanes) is 2. The standard InChI is InChI=1S/C19H23Si/c1-2-3-4-5-12-17-20(18-13-8-6-9-14-18)19-15-10-7-11-16-19/h5-16H,2-4,17H2,1H3. The summed E-state index contributed by atoms with van der Waals surface area (Å²) in [5.41, 5.74) is 0. The van der Waals surface area contributed by atoms with Crippen LogP contribution >= 0.6 is 0 Å². The molecule has 0 aromatic heterocycles. The normalized spacial score (nSPS) is 11.3. The van der Waals surface area contributed by atoms with E-state index in [4.69, 9.17) is 0 Å². The van der Waals surface area contributed by atoms with Gasteiger partial charge in [0.15, 0.2) is 0 Å². The predicted molar refractivity (Wildman–Crippen MR) is 91.4 cm³/mol. The summed E-state index contributed by atoms with van der Waals surface area (Å²) in [6.45, 7) is 2.25. The number of allylic oxidation sites excluding steroid dienone is 2. The van der Waals surface area contributed by atoms with Crippen molar-refractivity contribution in [3.8, 4) is 0 Å². The maximum absolute atomic E-state index is 2.39. The van der Waals surface area contributed by atoms with Crippen LogP contribution in [0.2, 0.25) is 6.04 Å². The topological polar surface area (TPSA) is 0 Å². The molecule has 20 heavy (non-hydrogen) atoms.